The smallest absolute Gasteiger partial charge is 0.0443 e. The molecule has 0 radical (unpaired) electrons. The monoisotopic (exact) mass is 215 g/mol. The van der Waals surface area contributed by atoms with Gasteiger partial charge in [0.25, 0.3) is 0 Å². The summed E-state index contributed by atoms with van der Waals surface area (Å²) in [5.74, 6) is 0. The third kappa shape index (κ3) is 4.96. The molecule has 0 amide bonds. The Labute approximate surface area is 93.1 Å². The Balaban J connectivity index is 2.10. The molecule has 0 heterocycles. The molecule has 0 unspecified atom stereocenters. The molecule has 3 nitrogen and oxygen atoms in total. The maximum absolute atomic E-state index is 8.84. The van der Waals surface area contributed by atoms with Crippen LogP contribution in [0.4, 0.5) is 0 Å². The summed E-state index contributed by atoms with van der Waals surface area (Å²) in [6.45, 7) is 2.81. The zero-order chi connectivity index (χ0) is 10.9. The largest absolute Gasteiger partial charge is 0.396 e. The molecule has 90 valence electrons. The summed E-state index contributed by atoms with van der Waals surface area (Å²) in [4.78, 5) is 2.52. The second kappa shape index (κ2) is 8.08. The van der Waals surface area contributed by atoms with E-state index in [1.807, 2.05) is 0 Å². The van der Waals surface area contributed by atoms with Gasteiger partial charge in [0.05, 0.1) is 0 Å². The van der Waals surface area contributed by atoms with Gasteiger partial charge in [-0.05, 0) is 45.1 Å². The molecule has 0 aromatic carbocycles. The van der Waals surface area contributed by atoms with Crippen molar-refractivity contribution in [2.24, 2.45) is 0 Å². The molecule has 0 aromatic rings. The zero-order valence-corrected chi connectivity index (χ0v) is 9.70. The van der Waals surface area contributed by atoms with Gasteiger partial charge >= 0.3 is 0 Å². The summed E-state index contributed by atoms with van der Waals surface area (Å²) in [5.41, 5.74) is 0. The number of aliphatic hydroxyl groups excluding tert-OH is 2. The van der Waals surface area contributed by atoms with E-state index in [2.05, 4.69) is 4.90 Å². The standard InChI is InChI=1S/C12H25NO2/c14-10-3-1-2-8-13(9-5-11-15)12-6-4-7-12/h12,14-15H,1-11H2. The van der Waals surface area contributed by atoms with Crippen LogP contribution in [-0.2, 0) is 0 Å². The summed E-state index contributed by atoms with van der Waals surface area (Å²) in [5, 5.41) is 17.5. The fraction of sp³-hybridized carbons (Fsp3) is 1.00. The molecule has 2 N–H and O–H groups in total. The Kier molecular flexibility index (Phi) is 6.98. The van der Waals surface area contributed by atoms with E-state index in [9.17, 15) is 0 Å². The normalized spacial score (nSPS) is 17.0. The van der Waals surface area contributed by atoms with Gasteiger partial charge in [-0.2, -0.15) is 0 Å². The predicted molar refractivity (Wildman–Crippen MR) is 61.9 cm³/mol. The minimum absolute atomic E-state index is 0.305. The lowest BCUT2D eigenvalue weighted by molar-refractivity contribution is 0.114. The highest BCUT2D eigenvalue weighted by Crippen LogP contribution is 2.25. The Hall–Kier alpha value is -0.120. The first-order valence-corrected chi connectivity index (χ1v) is 6.34. The minimum atomic E-state index is 0.305. The summed E-state index contributed by atoms with van der Waals surface area (Å²) in [7, 11) is 0. The van der Waals surface area contributed by atoms with Crippen LogP contribution in [0.3, 0.4) is 0 Å². The zero-order valence-electron chi connectivity index (χ0n) is 9.70. The number of unbranched alkanes of at least 4 members (excludes halogenated alkanes) is 2. The van der Waals surface area contributed by atoms with Gasteiger partial charge in [-0.15, -0.1) is 0 Å². The molecule has 0 saturated heterocycles. The van der Waals surface area contributed by atoms with Crippen molar-refractivity contribution in [1.82, 2.24) is 4.90 Å². The van der Waals surface area contributed by atoms with Gasteiger partial charge in [-0.25, -0.2) is 0 Å². The van der Waals surface area contributed by atoms with E-state index in [0.29, 0.717) is 13.2 Å². The van der Waals surface area contributed by atoms with Crippen LogP contribution in [0.25, 0.3) is 0 Å². The van der Waals surface area contributed by atoms with Crippen molar-refractivity contribution in [2.75, 3.05) is 26.3 Å². The Morgan fingerprint density at radius 1 is 0.867 bits per heavy atom. The van der Waals surface area contributed by atoms with Gasteiger partial charge in [-0.3, -0.25) is 0 Å². The number of hydrogen-bond acceptors (Lipinski definition) is 3. The molecule has 0 aliphatic heterocycles. The summed E-state index contributed by atoms with van der Waals surface area (Å²) in [6.07, 6.45) is 8.18. The first-order chi connectivity index (χ1) is 7.38. The third-order valence-corrected chi connectivity index (χ3v) is 3.30. The van der Waals surface area contributed by atoms with Gasteiger partial charge in [0, 0.05) is 25.8 Å². The van der Waals surface area contributed by atoms with Crippen LogP contribution in [0, 0.1) is 0 Å². The van der Waals surface area contributed by atoms with Crippen molar-refractivity contribution in [2.45, 2.75) is 51.0 Å². The van der Waals surface area contributed by atoms with Crippen molar-refractivity contribution < 1.29 is 10.2 Å². The van der Waals surface area contributed by atoms with E-state index in [0.717, 1.165) is 38.4 Å². The van der Waals surface area contributed by atoms with E-state index in [1.165, 1.54) is 25.7 Å². The molecule has 1 fully saturated rings. The summed E-state index contributed by atoms with van der Waals surface area (Å²) < 4.78 is 0. The highest BCUT2D eigenvalue weighted by molar-refractivity contribution is 4.79. The number of aliphatic hydroxyl groups is 2. The molecule has 1 aliphatic rings. The van der Waals surface area contributed by atoms with Gasteiger partial charge in [0.15, 0.2) is 0 Å². The molecule has 3 heteroatoms. The highest BCUT2D eigenvalue weighted by Gasteiger charge is 2.23. The van der Waals surface area contributed by atoms with Crippen LogP contribution >= 0.6 is 0 Å². The van der Waals surface area contributed by atoms with Gasteiger partial charge in [0.1, 0.15) is 0 Å². The summed E-state index contributed by atoms with van der Waals surface area (Å²) >= 11 is 0. The van der Waals surface area contributed by atoms with Gasteiger partial charge in [-0.1, -0.05) is 6.42 Å². The first kappa shape index (κ1) is 12.9. The maximum Gasteiger partial charge on any atom is 0.0443 e. The topological polar surface area (TPSA) is 43.7 Å². The number of nitrogens with zero attached hydrogens (tertiary/aromatic N) is 1. The lowest BCUT2D eigenvalue weighted by Gasteiger charge is -2.37. The van der Waals surface area contributed by atoms with Crippen molar-refractivity contribution >= 4 is 0 Å². The van der Waals surface area contributed by atoms with Crippen molar-refractivity contribution in [1.29, 1.82) is 0 Å². The van der Waals surface area contributed by atoms with E-state index < -0.39 is 0 Å². The molecule has 0 atom stereocenters. The quantitative estimate of drug-likeness (QED) is 0.571. The van der Waals surface area contributed by atoms with E-state index >= 15 is 0 Å². The molecule has 15 heavy (non-hydrogen) atoms. The lowest BCUT2D eigenvalue weighted by Crippen LogP contribution is -2.41. The Morgan fingerprint density at radius 2 is 1.53 bits per heavy atom. The van der Waals surface area contributed by atoms with Crippen LogP contribution in [-0.4, -0.2) is 47.5 Å². The average molecular weight is 215 g/mol. The highest BCUT2D eigenvalue weighted by atomic mass is 16.3. The van der Waals surface area contributed by atoms with E-state index in [-0.39, 0.29) is 0 Å². The Bertz CT molecular complexity index is 149. The molecule has 1 saturated carbocycles. The van der Waals surface area contributed by atoms with Crippen LogP contribution < -0.4 is 0 Å². The van der Waals surface area contributed by atoms with Crippen molar-refractivity contribution in [3.8, 4) is 0 Å². The minimum Gasteiger partial charge on any atom is -0.396 e. The summed E-state index contributed by atoms with van der Waals surface area (Å²) in [6, 6.07) is 0.783. The van der Waals surface area contributed by atoms with Crippen LogP contribution in [0.2, 0.25) is 0 Å². The lowest BCUT2D eigenvalue weighted by atomic mass is 9.91. The molecule has 0 aromatic heterocycles. The van der Waals surface area contributed by atoms with Crippen LogP contribution in [0.5, 0.6) is 0 Å². The molecule has 0 spiro atoms. The average Bonchev–Trinajstić information content (AvgIpc) is 2.17. The van der Waals surface area contributed by atoms with E-state index in [1.54, 1.807) is 0 Å². The predicted octanol–water partition coefficient (Wildman–Crippen LogP) is 1.39. The second-order valence-corrected chi connectivity index (χ2v) is 4.48. The van der Waals surface area contributed by atoms with Crippen LogP contribution in [0.1, 0.15) is 44.9 Å². The third-order valence-electron chi connectivity index (χ3n) is 3.30. The van der Waals surface area contributed by atoms with Crippen molar-refractivity contribution in [3.05, 3.63) is 0 Å². The number of hydrogen-bond donors (Lipinski definition) is 2. The van der Waals surface area contributed by atoms with Crippen LogP contribution in [0.15, 0.2) is 0 Å². The van der Waals surface area contributed by atoms with Gasteiger partial charge < -0.3 is 15.1 Å². The number of rotatable bonds is 9. The molecule has 0 bridgehead atoms. The molecular formula is C12H25NO2. The molecule has 1 aliphatic carbocycles. The molecular weight excluding hydrogens is 190 g/mol. The van der Waals surface area contributed by atoms with Gasteiger partial charge in [0.2, 0.25) is 0 Å². The second-order valence-electron chi connectivity index (χ2n) is 4.48. The van der Waals surface area contributed by atoms with Crippen molar-refractivity contribution in [3.63, 3.8) is 0 Å². The SMILES string of the molecule is OCCCCCN(CCCO)C1CCC1. The Morgan fingerprint density at radius 3 is 2.07 bits per heavy atom. The molecule has 1 rings (SSSR count). The fourth-order valence-electron chi connectivity index (χ4n) is 2.11. The fourth-order valence-corrected chi connectivity index (χ4v) is 2.11. The maximum atomic E-state index is 8.84. The van der Waals surface area contributed by atoms with E-state index in [4.69, 9.17) is 10.2 Å². The first-order valence-electron chi connectivity index (χ1n) is 6.34.